The van der Waals surface area contributed by atoms with Gasteiger partial charge in [0.2, 0.25) is 0 Å². The Bertz CT molecular complexity index is 86.6. The Morgan fingerprint density at radius 1 is 1.83 bits per heavy atom. The highest BCUT2D eigenvalue weighted by atomic mass is 14.2. The number of nitriles is 1. The predicted molar refractivity (Wildman–Crippen MR) is 24.7 cm³/mol. The van der Waals surface area contributed by atoms with Crippen LogP contribution in [0.15, 0.2) is 12.2 Å². The Balaban J connectivity index is 3.13. The molecule has 1 nitrogen and oxygen atoms in total. The lowest BCUT2D eigenvalue weighted by Gasteiger charge is -1.77. The van der Waals surface area contributed by atoms with Gasteiger partial charge in [0.1, 0.15) is 0 Å². The molecular formula is C5H6N. The summed E-state index contributed by atoms with van der Waals surface area (Å²) in [5.41, 5.74) is 0.678. The van der Waals surface area contributed by atoms with E-state index in [4.69, 9.17) is 5.26 Å². The van der Waals surface area contributed by atoms with Crippen molar-refractivity contribution in [1.82, 2.24) is 0 Å². The van der Waals surface area contributed by atoms with E-state index in [0.29, 0.717) is 12.0 Å². The Morgan fingerprint density at radius 3 is 2.33 bits per heavy atom. The quantitative estimate of drug-likeness (QED) is 0.465. The van der Waals surface area contributed by atoms with Crippen LogP contribution in [0.4, 0.5) is 0 Å². The van der Waals surface area contributed by atoms with Gasteiger partial charge < -0.3 is 0 Å². The molecule has 0 aliphatic carbocycles. The van der Waals surface area contributed by atoms with Crippen LogP contribution in [0, 0.1) is 18.3 Å². The summed E-state index contributed by atoms with van der Waals surface area (Å²) in [5.74, 6) is 0. The van der Waals surface area contributed by atoms with E-state index in [1.165, 1.54) is 0 Å². The van der Waals surface area contributed by atoms with Gasteiger partial charge in [0.25, 0.3) is 0 Å². The first-order valence-electron chi connectivity index (χ1n) is 1.64. The molecule has 0 aliphatic rings. The summed E-state index contributed by atoms with van der Waals surface area (Å²) in [4.78, 5) is 0. The van der Waals surface area contributed by atoms with Crippen molar-refractivity contribution >= 4 is 0 Å². The van der Waals surface area contributed by atoms with Crippen molar-refractivity contribution in [3.05, 3.63) is 19.1 Å². The molecule has 1 heteroatoms. The van der Waals surface area contributed by atoms with Gasteiger partial charge in [0, 0.05) is 0 Å². The second-order valence-electron chi connectivity index (χ2n) is 1.08. The van der Waals surface area contributed by atoms with Crippen molar-refractivity contribution < 1.29 is 0 Å². The van der Waals surface area contributed by atoms with Crippen molar-refractivity contribution in [3.63, 3.8) is 0 Å². The fraction of sp³-hybridized carbons (Fsp3) is 0.200. The SMILES string of the molecule is [CH2]C(=C)CC#N. The minimum atomic E-state index is 0.375. The van der Waals surface area contributed by atoms with E-state index in [1.54, 1.807) is 0 Å². The maximum Gasteiger partial charge on any atom is 0.0666 e. The fourth-order valence-electron chi connectivity index (χ4n) is 0.112. The molecule has 0 atom stereocenters. The van der Waals surface area contributed by atoms with Gasteiger partial charge in [-0.25, -0.2) is 0 Å². The summed E-state index contributed by atoms with van der Waals surface area (Å²) in [7, 11) is 0. The summed E-state index contributed by atoms with van der Waals surface area (Å²) in [5, 5.41) is 7.89. The Hall–Kier alpha value is -0.770. The maximum atomic E-state index is 7.89. The molecule has 31 valence electrons. The lowest BCUT2D eigenvalue weighted by molar-refractivity contribution is 1.29. The average molecular weight is 80.1 g/mol. The van der Waals surface area contributed by atoms with Gasteiger partial charge in [-0.05, 0) is 6.92 Å². The molecule has 0 saturated heterocycles. The van der Waals surface area contributed by atoms with Crippen LogP contribution in [0.25, 0.3) is 0 Å². The van der Waals surface area contributed by atoms with E-state index in [0.717, 1.165) is 0 Å². The van der Waals surface area contributed by atoms with Crippen LogP contribution in [0.1, 0.15) is 6.42 Å². The first-order valence-corrected chi connectivity index (χ1v) is 1.64. The van der Waals surface area contributed by atoms with Gasteiger partial charge >= 0.3 is 0 Å². The third-order valence-corrected chi connectivity index (χ3v) is 0.329. The lowest BCUT2D eigenvalue weighted by atomic mass is 10.3. The zero-order chi connectivity index (χ0) is 4.99. The predicted octanol–water partition coefficient (Wildman–Crippen LogP) is 1.29. The summed E-state index contributed by atoms with van der Waals surface area (Å²) in [6.45, 7) is 6.82. The van der Waals surface area contributed by atoms with Crippen molar-refractivity contribution in [2.75, 3.05) is 0 Å². The van der Waals surface area contributed by atoms with Crippen molar-refractivity contribution in [3.8, 4) is 6.07 Å². The zero-order valence-corrected chi connectivity index (χ0v) is 3.57. The van der Waals surface area contributed by atoms with E-state index in [1.807, 2.05) is 6.07 Å². The standard InChI is InChI=1S/C5H6N/c1-5(2)3-4-6/h1-3H2. The molecule has 0 rings (SSSR count). The van der Waals surface area contributed by atoms with Gasteiger partial charge in [0.05, 0.1) is 12.5 Å². The van der Waals surface area contributed by atoms with Crippen LogP contribution in [0.3, 0.4) is 0 Å². The van der Waals surface area contributed by atoms with Crippen LogP contribution in [-0.4, -0.2) is 0 Å². The monoisotopic (exact) mass is 80.1 g/mol. The molecule has 6 heavy (non-hydrogen) atoms. The molecule has 0 aromatic heterocycles. The van der Waals surface area contributed by atoms with Crippen LogP contribution < -0.4 is 0 Å². The van der Waals surface area contributed by atoms with E-state index in [-0.39, 0.29) is 0 Å². The summed E-state index contributed by atoms with van der Waals surface area (Å²) < 4.78 is 0. The summed E-state index contributed by atoms with van der Waals surface area (Å²) >= 11 is 0. The Morgan fingerprint density at radius 2 is 2.33 bits per heavy atom. The second kappa shape index (κ2) is 2.47. The van der Waals surface area contributed by atoms with Crippen LogP contribution in [0.2, 0.25) is 0 Å². The fourth-order valence-corrected chi connectivity index (χ4v) is 0.112. The van der Waals surface area contributed by atoms with Crippen molar-refractivity contribution in [1.29, 1.82) is 5.26 Å². The minimum Gasteiger partial charge on any atom is -0.198 e. The highest BCUT2D eigenvalue weighted by molar-refractivity contribution is 5.04. The molecule has 0 unspecified atom stereocenters. The van der Waals surface area contributed by atoms with E-state index >= 15 is 0 Å². The van der Waals surface area contributed by atoms with Crippen molar-refractivity contribution in [2.24, 2.45) is 0 Å². The highest BCUT2D eigenvalue weighted by Crippen LogP contribution is 1.88. The molecule has 0 aliphatic heterocycles. The largest absolute Gasteiger partial charge is 0.198 e. The van der Waals surface area contributed by atoms with E-state index < -0.39 is 0 Å². The third-order valence-electron chi connectivity index (χ3n) is 0.329. The molecular weight excluding hydrogens is 74.1 g/mol. The summed E-state index contributed by atoms with van der Waals surface area (Å²) in [6, 6.07) is 1.91. The molecule has 0 spiro atoms. The third kappa shape index (κ3) is 3.23. The highest BCUT2D eigenvalue weighted by Gasteiger charge is 1.75. The van der Waals surface area contributed by atoms with Crippen LogP contribution in [-0.2, 0) is 0 Å². The topological polar surface area (TPSA) is 23.8 Å². The lowest BCUT2D eigenvalue weighted by Crippen LogP contribution is -1.63. The average Bonchev–Trinajstić information content (AvgIpc) is 1.35. The molecule has 0 fully saturated rings. The van der Waals surface area contributed by atoms with Crippen molar-refractivity contribution in [2.45, 2.75) is 6.42 Å². The molecule has 0 saturated carbocycles. The van der Waals surface area contributed by atoms with Gasteiger partial charge in [-0.15, -0.1) is 0 Å². The van der Waals surface area contributed by atoms with Crippen LogP contribution >= 0.6 is 0 Å². The Kier molecular flexibility index (Phi) is 2.15. The van der Waals surface area contributed by atoms with Gasteiger partial charge in [-0.3, -0.25) is 0 Å². The van der Waals surface area contributed by atoms with Gasteiger partial charge in [-0.1, -0.05) is 12.2 Å². The first-order chi connectivity index (χ1) is 2.77. The van der Waals surface area contributed by atoms with Crippen LogP contribution in [0.5, 0.6) is 0 Å². The number of rotatable bonds is 1. The normalized spacial score (nSPS) is 6.67. The van der Waals surface area contributed by atoms with Gasteiger partial charge in [-0.2, -0.15) is 5.26 Å². The zero-order valence-electron chi connectivity index (χ0n) is 3.57. The molecule has 0 heterocycles. The molecule has 0 amide bonds. The molecule has 0 bridgehead atoms. The van der Waals surface area contributed by atoms with E-state index in [2.05, 4.69) is 13.5 Å². The molecule has 0 aromatic carbocycles. The first kappa shape index (κ1) is 5.23. The minimum absolute atomic E-state index is 0.375. The molecule has 1 radical (unpaired) electrons. The maximum absolute atomic E-state index is 7.89. The Labute approximate surface area is 37.9 Å². The molecule has 0 N–H and O–H groups in total. The summed E-state index contributed by atoms with van der Waals surface area (Å²) in [6.07, 6.45) is 0.375. The smallest absolute Gasteiger partial charge is 0.0666 e. The number of hydrogen-bond acceptors (Lipinski definition) is 1. The molecule has 0 aromatic rings. The number of allylic oxidation sites excluding steroid dienone is 1. The number of nitrogens with zero attached hydrogens (tertiary/aromatic N) is 1. The van der Waals surface area contributed by atoms with Gasteiger partial charge in [0.15, 0.2) is 0 Å². The number of hydrogen-bond donors (Lipinski definition) is 0. The second-order valence-corrected chi connectivity index (χ2v) is 1.08. The van der Waals surface area contributed by atoms with E-state index in [9.17, 15) is 0 Å².